The zero-order valence-corrected chi connectivity index (χ0v) is 16.4. The molecule has 6 nitrogen and oxygen atoms in total. The van der Waals surface area contributed by atoms with Gasteiger partial charge in [-0.15, -0.1) is 12.4 Å². The van der Waals surface area contributed by atoms with E-state index in [4.69, 9.17) is 15.2 Å². The van der Waals surface area contributed by atoms with Crippen LogP contribution in [0.2, 0.25) is 0 Å². The predicted molar refractivity (Wildman–Crippen MR) is 107 cm³/mol. The third kappa shape index (κ3) is 6.58. The minimum Gasteiger partial charge on any atom is -0.489 e. The number of ether oxygens (including phenoxy) is 2. The third-order valence-electron chi connectivity index (χ3n) is 3.67. The molecule has 0 saturated heterocycles. The van der Waals surface area contributed by atoms with Crippen LogP contribution in [0, 0.1) is 0 Å². The zero-order valence-electron chi connectivity index (χ0n) is 15.6. The van der Waals surface area contributed by atoms with Gasteiger partial charge in [-0.05, 0) is 37.6 Å². The zero-order chi connectivity index (χ0) is 19.1. The second-order valence-corrected chi connectivity index (χ2v) is 6.14. The topological polar surface area (TPSA) is 90.6 Å². The van der Waals surface area contributed by atoms with Crippen LogP contribution in [0.4, 0.5) is 5.69 Å². The number of benzene rings is 2. The lowest BCUT2D eigenvalue weighted by Gasteiger charge is -2.17. The van der Waals surface area contributed by atoms with Crippen molar-refractivity contribution in [2.75, 3.05) is 12.4 Å². The Balaban J connectivity index is 0.00000364. The van der Waals surface area contributed by atoms with Crippen molar-refractivity contribution >= 4 is 30.0 Å². The molecule has 1 atom stereocenters. The van der Waals surface area contributed by atoms with E-state index >= 15 is 0 Å². The van der Waals surface area contributed by atoms with Gasteiger partial charge >= 0.3 is 5.97 Å². The van der Waals surface area contributed by atoms with E-state index in [1.54, 1.807) is 12.1 Å². The van der Waals surface area contributed by atoms with Gasteiger partial charge in [0.1, 0.15) is 5.75 Å². The Morgan fingerprint density at radius 2 is 1.78 bits per heavy atom. The Hall–Kier alpha value is -2.57. The van der Waals surface area contributed by atoms with Crippen molar-refractivity contribution in [2.45, 2.75) is 32.4 Å². The molecule has 146 valence electrons. The Bertz CT molecular complexity index is 766. The Morgan fingerprint density at radius 3 is 2.37 bits per heavy atom. The summed E-state index contributed by atoms with van der Waals surface area (Å²) in [7, 11) is 1.30. The van der Waals surface area contributed by atoms with E-state index in [-0.39, 0.29) is 30.8 Å². The van der Waals surface area contributed by atoms with E-state index in [0.717, 1.165) is 5.56 Å². The largest absolute Gasteiger partial charge is 0.489 e. The molecule has 0 bridgehead atoms. The summed E-state index contributed by atoms with van der Waals surface area (Å²) < 4.78 is 10.4. The van der Waals surface area contributed by atoms with Gasteiger partial charge in [-0.3, -0.25) is 4.79 Å². The van der Waals surface area contributed by atoms with Crippen LogP contribution in [0.15, 0.2) is 48.5 Å². The molecule has 0 saturated carbocycles. The lowest BCUT2D eigenvalue weighted by molar-refractivity contribution is -0.116. The molecular weight excluding hydrogens is 368 g/mol. The fourth-order valence-electron chi connectivity index (χ4n) is 2.45. The van der Waals surface area contributed by atoms with Gasteiger partial charge in [-0.25, -0.2) is 4.79 Å². The molecule has 0 aliphatic rings. The van der Waals surface area contributed by atoms with Crippen molar-refractivity contribution in [1.29, 1.82) is 0 Å². The van der Waals surface area contributed by atoms with Crippen molar-refractivity contribution in [3.05, 3.63) is 59.7 Å². The first-order chi connectivity index (χ1) is 12.4. The van der Waals surface area contributed by atoms with Gasteiger partial charge in [0.2, 0.25) is 5.91 Å². The van der Waals surface area contributed by atoms with Crippen LogP contribution in [0.3, 0.4) is 0 Å². The second kappa shape index (κ2) is 10.5. The number of carbonyl (C=O) groups is 2. The molecule has 1 unspecified atom stereocenters. The van der Waals surface area contributed by atoms with E-state index in [2.05, 4.69) is 5.32 Å². The Morgan fingerprint density at radius 1 is 1.11 bits per heavy atom. The first-order valence-electron chi connectivity index (χ1n) is 8.40. The highest BCUT2D eigenvalue weighted by molar-refractivity contribution is 5.96. The second-order valence-electron chi connectivity index (χ2n) is 6.14. The molecule has 1 amide bonds. The van der Waals surface area contributed by atoms with Gasteiger partial charge < -0.3 is 20.5 Å². The number of methoxy groups -OCH3 is 1. The number of esters is 1. The summed E-state index contributed by atoms with van der Waals surface area (Å²) in [5.41, 5.74) is 7.72. The number of halogens is 1. The standard InChI is InChI=1S/C20H24N2O4.ClH/c1-13(2)26-18-10-9-15(20(24)25-3)11-17(18)22-19(23)12-16(21)14-7-5-4-6-8-14;/h4-11,13,16H,12,21H2,1-3H3,(H,22,23);1H. The minimum absolute atomic E-state index is 0. The maximum Gasteiger partial charge on any atom is 0.337 e. The molecular formula is C20H25ClN2O4. The van der Waals surface area contributed by atoms with Crippen molar-refractivity contribution < 1.29 is 19.1 Å². The molecule has 0 heterocycles. The fourth-order valence-corrected chi connectivity index (χ4v) is 2.45. The molecule has 0 aliphatic carbocycles. The van der Waals surface area contributed by atoms with Gasteiger partial charge in [-0.2, -0.15) is 0 Å². The first kappa shape index (κ1) is 22.5. The predicted octanol–water partition coefficient (Wildman–Crippen LogP) is 3.71. The number of amides is 1. The van der Waals surface area contributed by atoms with Crippen molar-refractivity contribution in [3.63, 3.8) is 0 Å². The number of rotatable bonds is 7. The average Bonchev–Trinajstić information content (AvgIpc) is 2.62. The summed E-state index contributed by atoms with van der Waals surface area (Å²) in [5.74, 6) is -0.274. The van der Waals surface area contributed by atoms with Gasteiger partial charge in [-0.1, -0.05) is 30.3 Å². The average molecular weight is 393 g/mol. The quantitative estimate of drug-likeness (QED) is 0.701. The number of hydrogen-bond acceptors (Lipinski definition) is 5. The monoisotopic (exact) mass is 392 g/mol. The van der Waals surface area contributed by atoms with E-state index < -0.39 is 12.0 Å². The smallest absolute Gasteiger partial charge is 0.337 e. The minimum atomic E-state index is -0.488. The van der Waals surface area contributed by atoms with Crippen molar-refractivity contribution in [3.8, 4) is 5.75 Å². The van der Waals surface area contributed by atoms with Crippen LogP contribution in [-0.4, -0.2) is 25.1 Å². The summed E-state index contributed by atoms with van der Waals surface area (Å²) >= 11 is 0. The van der Waals surface area contributed by atoms with E-state index in [1.165, 1.54) is 13.2 Å². The summed E-state index contributed by atoms with van der Waals surface area (Å²) in [4.78, 5) is 24.2. The highest BCUT2D eigenvalue weighted by Crippen LogP contribution is 2.28. The first-order valence-corrected chi connectivity index (χ1v) is 8.40. The number of hydrogen-bond donors (Lipinski definition) is 2. The molecule has 0 aliphatic heterocycles. The van der Waals surface area contributed by atoms with E-state index in [1.807, 2.05) is 44.2 Å². The van der Waals surface area contributed by atoms with Gasteiger partial charge in [0.25, 0.3) is 0 Å². The van der Waals surface area contributed by atoms with Gasteiger partial charge in [0.15, 0.2) is 0 Å². The molecule has 0 aromatic heterocycles. The van der Waals surface area contributed by atoms with E-state index in [0.29, 0.717) is 17.0 Å². The molecule has 2 rings (SSSR count). The Kier molecular flexibility index (Phi) is 8.78. The Labute approximate surface area is 165 Å². The van der Waals surface area contributed by atoms with E-state index in [9.17, 15) is 9.59 Å². The lowest BCUT2D eigenvalue weighted by atomic mass is 10.0. The van der Waals surface area contributed by atoms with Gasteiger partial charge in [0.05, 0.1) is 24.5 Å². The molecule has 3 N–H and O–H groups in total. The van der Waals surface area contributed by atoms with Crippen LogP contribution in [0.1, 0.15) is 42.2 Å². The van der Waals surface area contributed by atoms with Crippen LogP contribution >= 0.6 is 12.4 Å². The molecule has 2 aromatic carbocycles. The normalized spacial score (nSPS) is 11.3. The van der Waals surface area contributed by atoms with Crippen LogP contribution in [-0.2, 0) is 9.53 Å². The maximum atomic E-state index is 12.4. The highest BCUT2D eigenvalue weighted by Gasteiger charge is 2.16. The third-order valence-corrected chi connectivity index (χ3v) is 3.67. The summed E-state index contributed by atoms with van der Waals surface area (Å²) in [5, 5.41) is 2.78. The number of nitrogens with two attached hydrogens (primary N) is 1. The molecule has 2 aromatic rings. The lowest BCUT2D eigenvalue weighted by Crippen LogP contribution is -2.21. The number of carbonyl (C=O) groups excluding carboxylic acids is 2. The number of nitrogens with one attached hydrogen (secondary N) is 1. The molecule has 27 heavy (non-hydrogen) atoms. The molecule has 7 heteroatoms. The molecule has 0 radical (unpaired) electrons. The molecule has 0 spiro atoms. The maximum absolute atomic E-state index is 12.4. The summed E-state index contributed by atoms with van der Waals surface area (Å²) in [6.07, 6.45) is 0.0225. The van der Waals surface area contributed by atoms with Crippen molar-refractivity contribution in [1.82, 2.24) is 0 Å². The highest BCUT2D eigenvalue weighted by atomic mass is 35.5. The van der Waals surface area contributed by atoms with Crippen LogP contribution in [0.25, 0.3) is 0 Å². The fraction of sp³-hybridized carbons (Fsp3) is 0.300. The summed E-state index contributed by atoms with van der Waals surface area (Å²) in [6, 6.07) is 13.7. The molecule has 0 fully saturated rings. The van der Waals surface area contributed by atoms with Gasteiger partial charge in [0, 0.05) is 12.5 Å². The number of anilines is 1. The summed E-state index contributed by atoms with van der Waals surface area (Å²) in [6.45, 7) is 3.76. The van der Waals surface area contributed by atoms with Crippen LogP contribution < -0.4 is 15.8 Å². The van der Waals surface area contributed by atoms with Crippen molar-refractivity contribution in [2.24, 2.45) is 5.73 Å². The van der Waals surface area contributed by atoms with Crippen LogP contribution in [0.5, 0.6) is 5.75 Å². The SMILES string of the molecule is COC(=O)c1ccc(OC(C)C)c(NC(=O)CC(N)c2ccccc2)c1.Cl.